The summed E-state index contributed by atoms with van der Waals surface area (Å²) < 4.78 is 0. The van der Waals surface area contributed by atoms with Crippen LogP contribution in [0.25, 0.3) is 0 Å². The summed E-state index contributed by atoms with van der Waals surface area (Å²) >= 11 is 0. The number of rotatable bonds is 4. The lowest BCUT2D eigenvalue weighted by molar-refractivity contribution is -0.126. The van der Waals surface area contributed by atoms with Crippen molar-refractivity contribution in [3.8, 4) is 0 Å². The lowest BCUT2D eigenvalue weighted by Crippen LogP contribution is -2.46. The molecule has 1 fully saturated rings. The van der Waals surface area contributed by atoms with E-state index in [1.54, 1.807) is 0 Å². The Bertz CT molecular complexity index is 199. The predicted molar refractivity (Wildman–Crippen MR) is 57.8 cm³/mol. The minimum atomic E-state index is -0.0856. The number of carbonyl (C=O) groups is 1. The highest BCUT2D eigenvalue weighted by Crippen LogP contribution is 2.29. The molecule has 0 aromatic heterocycles. The Morgan fingerprint density at radius 3 is 2.29 bits per heavy atom. The normalized spacial score (nSPS) is 23.4. The van der Waals surface area contributed by atoms with Crippen LogP contribution in [0.3, 0.4) is 0 Å². The molecule has 1 rings (SSSR count). The molecule has 3 heteroatoms. The van der Waals surface area contributed by atoms with Gasteiger partial charge in [0, 0.05) is 18.0 Å². The molecule has 1 aliphatic rings. The van der Waals surface area contributed by atoms with E-state index in [-0.39, 0.29) is 17.9 Å². The summed E-state index contributed by atoms with van der Waals surface area (Å²) in [6, 6.07) is 0.251. The van der Waals surface area contributed by atoms with Gasteiger partial charge in [0.2, 0.25) is 5.91 Å². The predicted octanol–water partition coefficient (Wildman–Crippen LogP) is 1.27. The summed E-state index contributed by atoms with van der Waals surface area (Å²) in [7, 11) is 0. The lowest BCUT2D eigenvalue weighted by atomic mass is 9.80. The van der Waals surface area contributed by atoms with E-state index >= 15 is 0 Å². The first-order valence-corrected chi connectivity index (χ1v) is 5.58. The summed E-state index contributed by atoms with van der Waals surface area (Å²) in [6.07, 6.45) is 3.83. The van der Waals surface area contributed by atoms with Crippen LogP contribution in [-0.2, 0) is 4.79 Å². The van der Waals surface area contributed by atoms with E-state index < -0.39 is 0 Å². The number of carbonyl (C=O) groups excluding carboxylic acids is 1. The Morgan fingerprint density at radius 1 is 1.36 bits per heavy atom. The molecule has 0 aliphatic heterocycles. The van der Waals surface area contributed by atoms with Gasteiger partial charge in [0.05, 0.1) is 0 Å². The number of amides is 1. The van der Waals surface area contributed by atoms with Crippen LogP contribution in [0.2, 0.25) is 0 Å². The van der Waals surface area contributed by atoms with Crippen molar-refractivity contribution in [2.45, 2.75) is 52.1 Å². The Labute approximate surface area is 86.4 Å². The van der Waals surface area contributed by atoms with Crippen LogP contribution in [0.15, 0.2) is 0 Å². The van der Waals surface area contributed by atoms with Crippen molar-refractivity contribution in [3.05, 3.63) is 0 Å². The molecule has 0 spiro atoms. The highest BCUT2D eigenvalue weighted by atomic mass is 16.1. The van der Waals surface area contributed by atoms with Crippen molar-refractivity contribution in [3.63, 3.8) is 0 Å². The minimum absolute atomic E-state index is 0.0661. The van der Waals surface area contributed by atoms with E-state index in [1.807, 2.05) is 13.8 Å². The summed E-state index contributed by atoms with van der Waals surface area (Å²) in [5, 5.41) is 3.04. The highest BCUT2D eigenvalue weighted by Gasteiger charge is 2.26. The van der Waals surface area contributed by atoms with Gasteiger partial charge in [-0.3, -0.25) is 4.79 Å². The van der Waals surface area contributed by atoms with E-state index in [9.17, 15) is 4.79 Å². The monoisotopic (exact) mass is 198 g/mol. The molecular formula is C11H22N2O. The van der Waals surface area contributed by atoms with Crippen LogP contribution in [-0.4, -0.2) is 18.0 Å². The van der Waals surface area contributed by atoms with Gasteiger partial charge >= 0.3 is 0 Å². The van der Waals surface area contributed by atoms with Crippen LogP contribution in [0, 0.1) is 11.8 Å². The van der Waals surface area contributed by atoms with Gasteiger partial charge in [-0.1, -0.05) is 13.3 Å². The molecule has 82 valence electrons. The largest absolute Gasteiger partial charge is 0.353 e. The Kier molecular flexibility index (Phi) is 3.93. The molecule has 0 aromatic rings. The van der Waals surface area contributed by atoms with Crippen LogP contribution >= 0.6 is 0 Å². The second-order valence-corrected chi connectivity index (χ2v) is 4.64. The summed E-state index contributed by atoms with van der Waals surface area (Å²) in [5.41, 5.74) is 5.67. The summed E-state index contributed by atoms with van der Waals surface area (Å²) in [6.45, 7) is 5.85. The second kappa shape index (κ2) is 4.78. The van der Waals surface area contributed by atoms with Crippen LogP contribution in [0.4, 0.5) is 0 Å². The SMILES string of the molecule is CC(N)C(C)C(=O)NC(C)C1CCC1. The first-order valence-electron chi connectivity index (χ1n) is 5.58. The van der Waals surface area contributed by atoms with Crippen molar-refractivity contribution in [2.75, 3.05) is 0 Å². The van der Waals surface area contributed by atoms with Crippen molar-refractivity contribution < 1.29 is 4.79 Å². The molecule has 0 aromatic carbocycles. The quantitative estimate of drug-likeness (QED) is 0.715. The molecule has 3 atom stereocenters. The molecule has 1 aliphatic carbocycles. The molecule has 0 radical (unpaired) electrons. The average molecular weight is 198 g/mol. The second-order valence-electron chi connectivity index (χ2n) is 4.64. The number of nitrogens with two attached hydrogens (primary N) is 1. The smallest absolute Gasteiger partial charge is 0.224 e. The number of hydrogen-bond acceptors (Lipinski definition) is 2. The molecule has 3 N–H and O–H groups in total. The van der Waals surface area contributed by atoms with Crippen LogP contribution < -0.4 is 11.1 Å². The molecule has 3 unspecified atom stereocenters. The van der Waals surface area contributed by atoms with E-state index in [0.29, 0.717) is 12.0 Å². The molecular weight excluding hydrogens is 176 g/mol. The van der Waals surface area contributed by atoms with Crippen molar-refractivity contribution in [1.29, 1.82) is 0 Å². The summed E-state index contributed by atoms with van der Waals surface area (Å²) in [5.74, 6) is 0.705. The third-order valence-corrected chi connectivity index (χ3v) is 3.43. The minimum Gasteiger partial charge on any atom is -0.353 e. The van der Waals surface area contributed by atoms with Gasteiger partial charge in [-0.25, -0.2) is 0 Å². The summed E-state index contributed by atoms with van der Waals surface area (Å²) in [4.78, 5) is 11.6. The van der Waals surface area contributed by atoms with E-state index in [2.05, 4.69) is 12.2 Å². The van der Waals surface area contributed by atoms with Gasteiger partial charge in [-0.15, -0.1) is 0 Å². The van der Waals surface area contributed by atoms with Gasteiger partial charge in [0.25, 0.3) is 0 Å². The molecule has 1 amide bonds. The zero-order valence-corrected chi connectivity index (χ0v) is 9.42. The fraction of sp³-hybridized carbons (Fsp3) is 0.909. The fourth-order valence-corrected chi connectivity index (χ4v) is 1.65. The third-order valence-electron chi connectivity index (χ3n) is 3.43. The van der Waals surface area contributed by atoms with Gasteiger partial charge in [-0.2, -0.15) is 0 Å². The van der Waals surface area contributed by atoms with Crippen molar-refractivity contribution >= 4 is 5.91 Å². The standard InChI is InChI=1S/C11H22N2O/c1-7(8(2)12)11(14)13-9(3)10-5-4-6-10/h7-10H,4-6,12H2,1-3H3,(H,13,14). The maximum absolute atomic E-state index is 11.6. The van der Waals surface area contributed by atoms with Gasteiger partial charge < -0.3 is 11.1 Å². The van der Waals surface area contributed by atoms with Crippen molar-refractivity contribution in [1.82, 2.24) is 5.32 Å². The van der Waals surface area contributed by atoms with Crippen LogP contribution in [0.1, 0.15) is 40.0 Å². The average Bonchev–Trinajstić information content (AvgIpc) is 1.98. The zero-order chi connectivity index (χ0) is 10.7. The third kappa shape index (κ3) is 2.71. The van der Waals surface area contributed by atoms with Gasteiger partial charge in [0.15, 0.2) is 0 Å². The number of nitrogens with one attached hydrogen (secondary N) is 1. The molecule has 3 nitrogen and oxygen atoms in total. The molecule has 0 saturated heterocycles. The van der Waals surface area contributed by atoms with Gasteiger partial charge in [-0.05, 0) is 32.6 Å². The van der Waals surface area contributed by atoms with E-state index in [4.69, 9.17) is 5.73 Å². The Morgan fingerprint density at radius 2 is 1.93 bits per heavy atom. The van der Waals surface area contributed by atoms with E-state index in [0.717, 1.165) is 0 Å². The number of hydrogen-bond donors (Lipinski definition) is 2. The highest BCUT2D eigenvalue weighted by molar-refractivity contribution is 5.79. The lowest BCUT2D eigenvalue weighted by Gasteiger charge is -2.32. The fourth-order valence-electron chi connectivity index (χ4n) is 1.65. The molecule has 14 heavy (non-hydrogen) atoms. The first kappa shape index (κ1) is 11.5. The maximum atomic E-state index is 11.6. The zero-order valence-electron chi connectivity index (χ0n) is 9.42. The van der Waals surface area contributed by atoms with Gasteiger partial charge in [0.1, 0.15) is 0 Å². The first-order chi connectivity index (χ1) is 6.52. The topological polar surface area (TPSA) is 55.1 Å². The Hall–Kier alpha value is -0.570. The molecule has 0 heterocycles. The van der Waals surface area contributed by atoms with E-state index in [1.165, 1.54) is 19.3 Å². The van der Waals surface area contributed by atoms with Crippen molar-refractivity contribution in [2.24, 2.45) is 17.6 Å². The van der Waals surface area contributed by atoms with Crippen LogP contribution in [0.5, 0.6) is 0 Å². The molecule has 1 saturated carbocycles. The maximum Gasteiger partial charge on any atom is 0.224 e. The Balaban J connectivity index is 2.31. The molecule has 0 bridgehead atoms.